The Morgan fingerprint density at radius 1 is 1.00 bits per heavy atom. The lowest BCUT2D eigenvalue weighted by Crippen LogP contribution is -2.29. The third kappa shape index (κ3) is 6.08. The van der Waals surface area contributed by atoms with Crippen molar-refractivity contribution < 1.29 is 19.8 Å². The minimum absolute atomic E-state index is 0.0804. The molecule has 0 atom stereocenters. The van der Waals surface area contributed by atoms with Crippen molar-refractivity contribution in [1.82, 2.24) is 4.90 Å². The second-order valence-corrected chi connectivity index (χ2v) is 8.51. The number of nitrogens with one attached hydrogen (secondary N) is 1. The van der Waals surface area contributed by atoms with E-state index in [0.717, 1.165) is 18.4 Å². The molecule has 1 aliphatic heterocycles. The van der Waals surface area contributed by atoms with Crippen LogP contribution in [0.5, 0.6) is 11.5 Å². The van der Waals surface area contributed by atoms with Gasteiger partial charge in [-0.25, -0.2) is 0 Å². The summed E-state index contributed by atoms with van der Waals surface area (Å²) in [4.78, 5) is 26.7. The molecule has 0 aliphatic carbocycles. The summed E-state index contributed by atoms with van der Waals surface area (Å²) in [5, 5.41) is 21.4. The van der Waals surface area contributed by atoms with Crippen molar-refractivity contribution in [3.63, 3.8) is 0 Å². The minimum Gasteiger partial charge on any atom is -0.508 e. The smallest absolute Gasteiger partial charge is 0.266 e. The predicted octanol–water partition coefficient (Wildman–Crippen LogP) is 4.50. The quantitative estimate of drug-likeness (QED) is 0.241. The van der Waals surface area contributed by atoms with Gasteiger partial charge in [0.15, 0.2) is 0 Å². The number of benzene rings is 2. The number of phenols is 2. The second kappa shape index (κ2) is 10.3. The van der Waals surface area contributed by atoms with Crippen LogP contribution in [0.25, 0.3) is 6.08 Å². The highest BCUT2D eigenvalue weighted by molar-refractivity contribution is 8.26. The van der Waals surface area contributed by atoms with E-state index < -0.39 is 0 Å². The molecular formula is C22H22N2O4S2. The molecule has 2 aromatic rings. The number of aromatic hydroxyl groups is 2. The standard InChI is InChI=1S/C22H22N2O4S2/c25-17-9-5-15(6-10-17)14-19-21(28)24(22(29)30-19)13-3-1-2-4-20(27)23-16-7-11-18(26)12-8-16/h5-12,14,25-26H,1-4,13H2,(H,23,27)/b19-14-. The fourth-order valence-corrected chi connectivity index (χ4v) is 4.22. The van der Waals surface area contributed by atoms with Gasteiger partial charge in [0.2, 0.25) is 5.91 Å². The van der Waals surface area contributed by atoms with Gasteiger partial charge in [-0.3, -0.25) is 14.5 Å². The van der Waals surface area contributed by atoms with E-state index in [9.17, 15) is 19.8 Å². The van der Waals surface area contributed by atoms with Crippen LogP contribution in [-0.4, -0.2) is 37.8 Å². The Kier molecular flexibility index (Phi) is 7.48. The molecule has 30 heavy (non-hydrogen) atoms. The summed E-state index contributed by atoms with van der Waals surface area (Å²) in [6.07, 6.45) is 4.43. The van der Waals surface area contributed by atoms with Crippen LogP contribution in [0.3, 0.4) is 0 Å². The number of anilines is 1. The Labute approximate surface area is 184 Å². The van der Waals surface area contributed by atoms with Crippen LogP contribution in [0.4, 0.5) is 5.69 Å². The van der Waals surface area contributed by atoms with Crippen LogP contribution >= 0.6 is 24.0 Å². The van der Waals surface area contributed by atoms with Gasteiger partial charge >= 0.3 is 0 Å². The van der Waals surface area contributed by atoms with E-state index in [1.165, 1.54) is 23.9 Å². The lowest BCUT2D eigenvalue weighted by atomic mass is 10.1. The molecule has 6 nitrogen and oxygen atoms in total. The SMILES string of the molecule is O=C(CCCCCN1C(=O)/C(=C/c2ccc(O)cc2)SC1=S)Nc1ccc(O)cc1. The van der Waals surface area contributed by atoms with E-state index in [-0.39, 0.29) is 23.3 Å². The van der Waals surface area contributed by atoms with Gasteiger partial charge in [-0.15, -0.1) is 0 Å². The lowest BCUT2D eigenvalue weighted by Gasteiger charge is -2.14. The molecule has 2 aromatic carbocycles. The topological polar surface area (TPSA) is 89.9 Å². The molecule has 3 N–H and O–H groups in total. The monoisotopic (exact) mass is 442 g/mol. The third-order valence-electron chi connectivity index (χ3n) is 4.50. The maximum Gasteiger partial charge on any atom is 0.266 e. The maximum atomic E-state index is 12.6. The molecule has 3 rings (SSSR count). The molecule has 1 fully saturated rings. The van der Waals surface area contributed by atoms with Gasteiger partial charge in [0, 0.05) is 18.7 Å². The normalized spacial score (nSPS) is 15.1. The number of nitrogens with zero attached hydrogens (tertiary/aromatic N) is 1. The van der Waals surface area contributed by atoms with E-state index in [1.54, 1.807) is 47.4 Å². The summed E-state index contributed by atoms with van der Waals surface area (Å²) in [5.74, 6) is 0.143. The number of thiocarbonyl (C=S) groups is 1. The summed E-state index contributed by atoms with van der Waals surface area (Å²) >= 11 is 6.61. The molecule has 1 saturated heterocycles. The van der Waals surface area contributed by atoms with Gasteiger partial charge in [-0.1, -0.05) is 42.5 Å². The highest BCUT2D eigenvalue weighted by Crippen LogP contribution is 2.33. The largest absolute Gasteiger partial charge is 0.508 e. The zero-order valence-corrected chi connectivity index (χ0v) is 17.8. The Morgan fingerprint density at radius 2 is 1.63 bits per heavy atom. The van der Waals surface area contributed by atoms with Gasteiger partial charge in [0.1, 0.15) is 15.8 Å². The number of phenolic OH excluding ortho intramolecular Hbond substituents is 2. The molecule has 0 radical (unpaired) electrons. The molecule has 2 amide bonds. The highest BCUT2D eigenvalue weighted by Gasteiger charge is 2.31. The Morgan fingerprint density at radius 3 is 2.30 bits per heavy atom. The highest BCUT2D eigenvalue weighted by atomic mass is 32.2. The molecule has 0 saturated carbocycles. The number of carbonyl (C=O) groups excluding carboxylic acids is 2. The fraction of sp³-hybridized carbons (Fsp3) is 0.227. The first-order chi connectivity index (χ1) is 14.4. The molecule has 8 heteroatoms. The van der Waals surface area contributed by atoms with Crippen LogP contribution in [0, 0.1) is 0 Å². The average molecular weight is 443 g/mol. The summed E-state index contributed by atoms with van der Waals surface area (Å²) in [7, 11) is 0. The third-order valence-corrected chi connectivity index (χ3v) is 5.88. The summed E-state index contributed by atoms with van der Waals surface area (Å²) in [5.41, 5.74) is 1.48. The van der Waals surface area contributed by atoms with Crippen molar-refractivity contribution in [1.29, 1.82) is 0 Å². The zero-order chi connectivity index (χ0) is 21.5. The number of hydrogen-bond acceptors (Lipinski definition) is 6. The van der Waals surface area contributed by atoms with Crippen LogP contribution < -0.4 is 5.32 Å². The molecule has 1 heterocycles. The first-order valence-corrected chi connectivity index (χ1v) is 10.8. The first-order valence-electron chi connectivity index (χ1n) is 9.55. The van der Waals surface area contributed by atoms with E-state index in [2.05, 4.69) is 5.32 Å². The molecular weight excluding hydrogens is 420 g/mol. The Bertz CT molecular complexity index is 956. The van der Waals surface area contributed by atoms with Gasteiger partial charge in [-0.05, 0) is 60.9 Å². The second-order valence-electron chi connectivity index (χ2n) is 6.83. The van der Waals surface area contributed by atoms with E-state index in [1.807, 2.05) is 0 Å². The number of rotatable bonds is 8. The van der Waals surface area contributed by atoms with Gasteiger partial charge in [-0.2, -0.15) is 0 Å². The number of hydrogen-bond donors (Lipinski definition) is 3. The van der Waals surface area contributed by atoms with Gasteiger partial charge in [0.25, 0.3) is 5.91 Å². The molecule has 1 aliphatic rings. The van der Waals surface area contributed by atoms with E-state index in [4.69, 9.17) is 12.2 Å². The average Bonchev–Trinajstić information content (AvgIpc) is 2.98. The van der Waals surface area contributed by atoms with E-state index in [0.29, 0.717) is 34.3 Å². The van der Waals surface area contributed by atoms with E-state index >= 15 is 0 Å². The first kappa shape index (κ1) is 21.9. The van der Waals surface area contributed by atoms with Crippen molar-refractivity contribution in [2.75, 3.05) is 11.9 Å². The minimum atomic E-state index is -0.108. The predicted molar refractivity (Wildman–Crippen MR) is 123 cm³/mol. The molecule has 0 bridgehead atoms. The number of thioether (sulfide) groups is 1. The van der Waals surface area contributed by atoms with Crippen LogP contribution in [0.2, 0.25) is 0 Å². The van der Waals surface area contributed by atoms with Crippen molar-refractivity contribution in [3.8, 4) is 11.5 Å². The van der Waals surface area contributed by atoms with Crippen molar-refractivity contribution >= 4 is 51.9 Å². The molecule has 0 spiro atoms. The van der Waals surface area contributed by atoms with Gasteiger partial charge in [0.05, 0.1) is 4.91 Å². The lowest BCUT2D eigenvalue weighted by molar-refractivity contribution is -0.122. The zero-order valence-electron chi connectivity index (χ0n) is 16.2. The Hall–Kier alpha value is -2.84. The summed E-state index contributed by atoms with van der Waals surface area (Å²) < 4.78 is 0.537. The summed E-state index contributed by atoms with van der Waals surface area (Å²) in [6, 6.07) is 13.0. The fourth-order valence-electron chi connectivity index (χ4n) is 2.92. The van der Waals surface area contributed by atoms with Crippen LogP contribution in [-0.2, 0) is 9.59 Å². The molecule has 0 aromatic heterocycles. The number of carbonyl (C=O) groups is 2. The van der Waals surface area contributed by atoms with Crippen molar-refractivity contribution in [2.24, 2.45) is 0 Å². The molecule has 0 unspecified atom stereocenters. The number of unbranched alkanes of at least 4 members (excludes halogenated alkanes) is 2. The van der Waals surface area contributed by atoms with Crippen molar-refractivity contribution in [3.05, 3.63) is 59.0 Å². The maximum absolute atomic E-state index is 12.6. The van der Waals surface area contributed by atoms with Crippen molar-refractivity contribution in [2.45, 2.75) is 25.7 Å². The van der Waals surface area contributed by atoms with Crippen LogP contribution in [0.15, 0.2) is 53.4 Å². The van der Waals surface area contributed by atoms with Gasteiger partial charge < -0.3 is 15.5 Å². The van der Waals surface area contributed by atoms with Crippen LogP contribution in [0.1, 0.15) is 31.2 Å². The molecule has 156 valence electrons. The Balaban J connectivity index is 1.40. The number of amides is 2. The summed E-state index contributed by atoms with van der Waals surface area (Å²) in [6.45, 7) is 0.525.